The molecule has 6 heteroatoms. The van der Waals surface area contributed by atoms with E-state index in [0.717, 1.165) is 0 Å². The van der Waals surface area contributed by atoms with Crippen LogP contribution >= 0.6 is 0 Å². The summed E-state index contributed by atoms with van der Waals surface area (Å²) in [5.41, 5.74) is -0.118. The van der Waals surface area contributed by atoms with Crippen molar-refractivity contribution in [3.8, 4) is 0 Å². The Bertz CT molecular complexity index is 472. The number of carbonyl (C=O) groups is 1. The van der Waals surface area contributed by atoms with E-state index in [2.05, 4.69) is 14.7 Å². The molecular formula is C9H12N2O4. The second-order valence-corrected chi connectivity index (χ2v) is 3.09. The lowest BCUT2D eigenvalue weighted by molar-refractivity contribution is -0.140. The number of rotatable bonds is 3. The van der Waals surface area contributed by atoms with Crippen molar-refractivity contribution in [2.45, 2.75) is 19.8 Å². The highest BCUT2D eigenvalue weighted by Gasteiger charge is 2.08. The fourth-order valence-electron chi connectivity index (χ4n) is 1.26. The van der Waals surface area contributed by atoms with E-state index in [9.17, 15) is 14.4 Å². The molecule has 0 bridgehead atoms. The molecule has 0 aromatic carbocycles. The Morgan fingerprint density at radius 1 is 1.33 bits per heavy atom. The van der Waals surface area contributed by atoms with Gasteiger partial charge in [0.2, 0.25) is 0 Å². The van der Waals surface area contributed by atoms with E-state index in [0.29, 0.717) is 11.3 Å². The van der Waals surface area contributed by atoms with Crippen LogP contribution in [-0.2, 0) is 16.0 Å². The number of H-pyrrole nitrogens is 2. The minimum Gasteiger partial charge on any atom is -0.469 e. The molecule has 0 saturated heterocycles. The summed E-state index contributed by atoms with van der Waals surface area (Å²) in [6.07, 6.45) is 0.372. The molecule has 0 amide bonds. The Hall–Kier alpha value is -1.85. The first kappa shape index (κ1) is 11.2. The minimum atomic E-state index is -0.542. The van der Waals surface area contributed by atoms with Gasteiger partial charge in [0.1, 0.15) is 0 Å². The lowest BCUT2D eigenvalue weighted by Gasteiger charge is -2.02. The molecule has 0 aliphatic heterocycles. The zero-order valence-electron chi connectivity index (χ0n) is 8.55. The van der Waals surface area contributed by atoms with E-state index in [1.807, 2.05) is 0 Å². The maximum atomic E-state index is 11.3. The SMILES string of the molecule is COC(=O)CCc1c(C)[nH]c(=O)[nH]c1=O. The number of hydrogen-bond donors (Lipinski definition) is 2. The monoisotopic (exact) mass is 212 g/mol. The van der Waals surface area contributed by atoms with E-state index in [4.69, 9.17) is 0 Å². The summed E-state index contributed by atoms with van der Waals surface area (Å²) >= 11 is 0. The van der Waals surface area contributed by atoms with Gasteiger partial charge in [-0.15, -0.1) is 0 Å². The highest BCUT2D eigenvalue weighted by molar-refractivity contribution is 5.69. The van der Waals surface area contributed by atoms with Gasteiger partial charge in [0.25, 0.3) is 5.56 Å². The summed E-state index contributed by atoms with van der Waals surface area (Å²) < 4.78 is 4.45. The van der Waals surface area contributed by atoms with Crippen molar-refractivity contribution in [2.24, 2.45) is 0 Å². The quantitative estimate of drug-likeness (QED) is 0.659. The molecule has 0 spiro atoms. The Labute approximate surface area is 85.3 Å². The third-order valence-corrected chi connectivity index (χ3v) is 2.06. The van der Waals surface area contributed by atoms with Crippen LogP contribution in [0.3, 0.4) is 0 Å². The van der Waals surface area contributed by atoms with Crippen LogP contribution in [0, 0.1) is 6.92 Å². The first-order chi connectivity index (χ1) is 7.04. The Morgan fingerprint density at radius 2 is 2.00 bits per heavy atom. The van der Waals surface area contributed by atoms with Crippen LogP contribution in [0.4, 0.5) is 0 Å². The van der Waals surface area contributed by atoms with E-state index < -0.39 is 11.2 Å². The second-order valence-electron chi connectivity index (χ2n) is 3.09. The van der Waals surface area contributed by atoms with Crippen LogP contribution < -0.4 is 11.2 Å². The lowest BCUT2D eigenvalue weighted by Crippen LogP contribution is -2.27. The molecule has 1 rings (SSSR count). The summed E-state index contributed by atoms with van der Waals surface area (Å²) in [7, 11) is 1.28. The third kappa shape index (κ3) is 2.80. The van der Waals surface area contributed by atoms with Crippen molar-refractivity contribution in [3.05, 3.63) is 32.1 Å². The average molecular weight is 212 g/mol. The van der Waals surface area contributed by atoms with Crippen LogP contribution in [-0.4, -0.2) is 23.0 Å². The van der Waals surface area contributed by atoms with E-state index in [-0.39, 0.29) is 18.8 Å². The zero-order valence-corrected chi connectivity index (χ0v) is 8.55. The number of aromatic amines is 2. The Kier molecular flexibility index (Phi) is 3.43. The molecular weight excluding hydrogens is 200 g/mol. The van der Waals surface area contributed by atoms with Gasteiger partial charge in [0.05, 0.1) is 7.11 Å². The van der Waals surface area contributed by atoms with Crippen LogP contribution in [0.25, 0.3) is 0 Å². The Balaban J connectivity index is 2.91. The standard InChI is InChI=1S/C9H12N2O4/c1-5-6(3-4-7(12)15-2)8(13)11-9(14)10-5/h3-4H2,1-2H3,(H2,10,11,13,14). The number of ether oxygens (including phenoxy) is 1. The van der Waals surface area contributed by atoms with E-state index in [1.54, 1.807) is 6.92 Å². The smallest absolute Gasteiger partial charge is 0.325 e. The van der Waals surface area contributed by atoms with Crippen LogP contribution in [0.1, 0.15) is 17.7 Å². The number of aromatic nitrogens is 2. The molecule has 0 aliphatic carbocycles. The second kappa shape index (κ2) is 4.59. The molecule has 0 atom stereocenters. The topological polar surface area (TPSA) is 92.0 Å². The van der Waals surface area contributed by atoms with Crippen molar-refractivity contribution < 1.29 is 9.53 Å². The molecule has 1 aromatic rings. The molecule has 0 saturated carbocycles. The molecule has 6 nitrogen and oxygen atoms in total. The molecule has 0 radical (unpaired) electrons. The third-order valence-electron chi connectivity index (χ3n) is 2.06. The van der Waals surface area contributed by atoms with Gasteiger partial charge in [-0.3, -0.25) is 14.6 Å². The van der Waals surface area contributed by atoms with Crippen LogP contribution in [0.15, 0.2) is 9.59 Å². The first-order valence-electron chi connectivity index (χ1n) is 4.43. The average Bonchev–Trinajstić information content (AvgIpc) is 2.15. The van der Waals surface area contributed by atoms with Gasteiger partial charge in [-0.1, -0.05) is 0 Å². The maximum Gasteiger partial charge on any atom is 0.325 e. The summed E-state index contributed by atoms with van der Waals surface area (Å²) in [5, 5.41) is 0. The summed E-state index contributed by atoms with van der Waals surface area (Å²) in [6, 6.07) is 0. The predicted octanol–water partition coefficient (Wildman–Crippen LogP) is -0.523. The molecule has 15 heavy (non-hydrogen) atoms. The van der Waals surface area contributed by atoms with Gasteiger partial charge in [-0.2, -0.15) is 0 Å². The van der Waals surface area contributed by atoms with Crippen LogP contribution in [0.2, 0.25) is 0 Å². The Morgan fingerprint density at radius 3 is 2.53 bits per heavy atom. The fourth-order valence-corrected chi connectivity index (χ4v) is 1.26. The number of esters is 1. The van der Waals surface area contributed by atoms with Crippen molar-refractivity contribution in [1.82, 2.24) is 9.97 Å². The van der Waals surface area contributed by atoms with Gasteiger partial charge in [-0.25, -0.2) is 4.79 Å². The van der Waals surface area contributed by atoms with Crippen molar-refractivity contribution in [3.63, 3.8) is 0 Å². The number of carbonyl (C=O) groups excluding carboxylic acids is 1. The summed E-state index contributed by atoms with van der Waals surface area (Å²) in [6.45, 7) is 1.61. The number of nitrogens with one attached hydrogen (secondary N) is 2. The predicted molar refractivity (Wildman–Crippen MR) is 52.8 cm³/mol. The van der Waals surface area contributed by atoms with Gasteiger partial charge in [0.15, 0.2) is 0 Å². The van der Waals surface area contributed by atoms with E-state index >= 15 is 0 Å². The zero-order chi connectivity index (χ0) is 11.4. The molecule has 0 aliphatic rings. The van der Waals surface area contributed by atoms with Gasteiger partial charge >= 0.3 is 11.7 Å². The fraction of sp³-hybridized carbons (Fsp3) is 0.444. The molecule has 2 N–H and O–H groups in total. The number of aryl methyl sites for hydroxylation is 1. The molecule has 0 unspecified atom stereocenters. The van der Waals surface area contributed by atoms with Crippen molar-refractivity contribution >= 4 is 5.97 Å². The van der Waals surface area contributed by atoms with E-state index in [1.165, 1.54) is 7.11 Å². The lowest BCUT2D eigenvalue weighted by atomic mass is 10.1. The first-order valence-corrected chi connectivity index (χ1v) is 4.43. The molecule has 1 aromatic heterocycles. The highest BCUT2D eigenvalue weighted by Crippen LogP contribution is 2.00. The number of hydrogen-bond acceptors (Lipinski definition) is 4. The summed E-state index contributed by atoms with van der Waals surface area (Å²) in [5.74, 6) is -0.389. The number of methoxy groups -OCH3 is 1. The normalized spacial score (nSPS) is 10.0. The van der Waals surface area contributed by atoms with Gasteiger partial charge < -0.3 is 9.72 Å². The van der Waals surface area contributed by atoms with Crippen LogP contribution in [0.5, 0.6) is 0 Å². The molecule has 82 valence electrons. The molecule has 0 fully saturated rings. The van der Waals surface area contributed by atoms with Gasteiger partial charge in [0, 0.05) is 17.7 Å². The largest absolute Gasteiger partial charge is 0.469 e. The highest BCUT2D eigenvalue weighted by atomic mass is 16.5. The van der Waals surface area contributed by atoms with Crippen molar-refractivity contribution in [1.29, 1.82) is 0 Å². The minimum absolute atomic E-state index is 0.118. The van der Waals surface area contributed by atoms with Crippen molar-refractivity contribution in [2.75, 3.05) is 7.11 Å². The summed E-state index contributed by atoms with van der Waals surface area (Å²) in [4.78, 5) is 37.6. The maximum absolute atomic E-state index is 11.3. The molecule has 1 heterocycles. The van der Waals surface area contributed by atoms with Gasteiger partial charge in [-0.05, 0) is 13.3 Å².